The van der Waals surface area contributed by atoms with Crippen LogP contribution in [-0.4, -0.2) is 30.8 Å². The molecule has 0 aliphatic rings. The Kier molecular flexibility index (Phi) is 9.50. The Balaban J connectivity index is 1.88. The Hall–Kier alpha value is -3.83. The lowest BCUT2D eigenvalue weighted by Crippen LogP contribution is -2.41. The summed E-state index contributed by atoms with van der Waals surface area (Å²) in [7, 11) is 1.62. The van der Waals surface area contributed by atoms with E-state index in [1.54, 1.807) is 24.2 Å². The average Bonchev–Trinajstić information content (AvgIpc) is 2.90. The first-order valence-electron chi connectivity index (χ1n) is 11.2. The highest BCUT2D eigenvalue weighted by Crippen LogP contribution is 2.30. The van der Waals surface area contributed by atoms with E-state index in [1.165, 1.54) is 0 Å². The highest BCUT2D eigenvalue weighted by atomic mass is 16.6. The first-order chi connectivity index (χ1) is 16.7. The second-order valence-corrected chi connectivity index (χ2v) is 7.70. The molecule has 0 aliphatic heterocycles. The van der Waals surface area contributed by atoms with Crippen molar-refractivity contribution in [1.29, 1.82) is 0 Å². The summed E-state index contributed by atoms with van der Waals surface area (Å²) >= 11 is 0. The lowest BCUT2D eigenvalue weighted by atomic mass is 9.99. The molecule has 3 rings (SSSR count). The zero-order chi connectivity index (χ0) is 24.2. The number of amides is 1. The summed E-state index contributed by atoms with van der Waals surface area (Å²) in [6.45, 7) is 8.68. The molecule has 176 valence electrons. The van der Waals surface area contributed by atoms with Crippen molar-refractivity contribution < 1.29 is 19.0 Å². The first kappa shape index (κ1) is 24.8. The summed E-state index contributed by atoms with van der Waals surface area (Å²) in [6, 6.07) is 26.6. The molecule has 0 N–H and O–H groups in total. The van der Waals surface area contributed by atoms with E-state index in [9.17, 15) is 4.79 Å². The van der Waals surface area contributed by atoms with Gasteiger partial charge in [-0.15, -0.1) is 13.2 Å². The molecule has 34 heavy (non-hydrogen) atoms. The molecule has 3 aromatic carbocycles. The highest BCUT2D eigenvalue weighted by Gasteiger charge is 2.32. The Morgan fingerprint density at radius 1 is 0.882 bits per heavy atom. The number of hydrogen-bond acceptors (Lipinski definition) is 4. The Morgan fingerprint density at radius 2 is 1.47 bits per heavy atom. The molecular formula is C29H31NO4. The number of carbonyl (C=O) groups excluding carboxylic acids is 1. The lowest BCUT2D eigenvalue weighted by molar-refractivity contribution is 0.00165. The van der Waals surface area contributed by atoms with E-state index >= 15 is 0 Å². The normalized spacial score (nSPS) is 12.3. The van der Waals surface area contributed by atoms with Crippen LogP contribution in [0.4, 0.5) is 4.79 Å². The van der Waals surface area contributed by atoms with E-state index in [0.29, 0.717) is 6.61 Å². The van der Waals surface area contributed by atoms with Crippen molar-refractivity contribution in [2.75, 3.05) is 13.7 Å². The maximum atomic E-state index is 13.3. The van der Waals surface area contributed by atoms with Gasteiger partial charge in [0.1, 0.15) is 18.5 Å². The van der Waals surface area contributed by atoms with Crippen LogP contribution in [0.25, 0.3) is 0 Å². The summed E-state index contributed by atoms with van der Waals surface area (Å²) in [5, 5.41) is 0. The number of ether oxygens (including phenoxy) is 3. The SMILES string of the molecule is C=CCN(C(=O)OCc1ccccc1)[C@@H](c1ccc(OC)cc1)[C@H](C=C)OCc1ccccc1. The van der Waals surface area contributed by atoms with Crippen LogP contribution in [0.1, 0.15) is 22.7 Å². The fourth-order valence-electron chi connectivity index (χ4n) is 3.65. The van der Waals surface area contributed by atoms with E-state index in [2.05, 4.69) is 13.2 Å². The van der Waals surface area contributed by atoms with Crippen molar-refractivity contribution in [2.24, 2.45) is 0 Å². The molecule has 5 heteroatoms. The molecule has 5 nitrogen and oxygen atoms in total. The van der Waals surface area contributed by atoms with Gasteiger partial charge in [0.25, 0.3) is 0 Å². The van der Waals surface area contributed by atoms with Crippen LogP contribution < -0.4 is 4.74 Å². The largest absolute Gasteiger partial charge is 0.497 e. The molecule has 0 saturated carbocycles. The minimum atomic E-state index is -0.488. The third-order valence-electron chi connectivity index (χ3n) is 5.39. The predicted octanol–water partition coefficient (Wildman–Crippen LogP) is 6.33. The fraction of sp³-hybridized carbons (Fsp3) is 0.207. The van der Waals surface area contributed by atoms with Gasteiger partial charge in [-0.05, 0) is 28.8 Å². The smallest absolute Gasteiger partial charge is 0.411 e. The van der Waals surface area contributed by atoms with Crippen molar-refractivity contribution in [3.05, 3.63) is 127 Å². The van der Waals surface area contributed by atoms with E-state index in [0.717, 1.165) is 22.4 Å². The van der Waals surface area contributed by atoms with Gasteiger partial charge in [0.2, 0.25) is 0 Å². The molecule has 1 amide bonds. The van der Waals surface area contributed by atoms with Crippen molar-refractivity contribution in [3.63, 3.8) is 0 Å². The summed E-state index contributed by atoms with van der Waals surface area (Å²) in [5.41, 5.74) is 2.82. The van der Waals surface area contributed by atoms with Crippen molar-refractivity contribution in [2.45, 2.75) is 25.4 Å². The van der Waals surface area contributed by atoms with Crippen LogP contribution in [0.2, 0.25) is 0 Å². The minimum Gasteiger partial charge on any atom is -0.497 e. The summed E-state index contributed by atoms with van der Waals surface area (Å²) < 4.78 is 17.2. The Labute approximate surface area is 201 Å². The van der Waals surface area contributed by atoms with Gasteiger partial charge in [0.05, 0.1) is 19.8 Å². The van der Waals surface area contributed by atoms with Crippen LogP contribution in [0.5, 0.6) is 5.75 Å². The summed E-state index contributed by atoms with van der Waals surface area (Å²) in [6.07, 6.45) is 2.45. The maximum absolute atomic E-state index is 13.3. The van der Waals surface area contributed by atoms with Crippen molar-refractivity contribution in [3.8, 4) is 5.75 Å². The molecule has 0 bridgehead atoms. The van der Waals surface area contributed by atoms with E-state index in [-0.39, 0.29) is 13.2 Å². The van der Waals surface area contributed by atoms with Crippen molar-refractivity contribution in [1.82, 2.24) is 4.90 Å². The first-order valence-corrected chi connectivity index (χ1v) is 11.2. The van der Waals surface area contributed by atoms with E-state index in [4.69, 9.17) is 14.2 Å². The summed E-state index contributed by atoms with van der Waals surface area (Å²) in [4.78, 5) is 14.9. The summed E-state index contributed by atoms with van der Waals surface area (Å²) in [5.74, 6) is 0.727. The third kappa shape index (κ3) is 6.83. The molecule has 2 atom stereocenters. The predicted molar refractivity (Wildman–Crippen MR) is 134 cm³/mol. The maximum Gasteiger partial charge on any atom is 0.411 e. The zero-order valence-electron chi connectivity index (χ0n) is 19.5. The second kappa shape index (κ2) is 13.0. The van der Waals surface area contributed by atoms with Crippen LogP contribution in [0, 0.1) is 0 Å². The molecule has 0 spiro atoms. The molecule has 0 aromatic heterocycles. The van der Waals surface area contributed by atoms with Crippen LogP contribution >= 0.6 is 0 Å². The molecule has 0 radical (unpaired) electrons. The van der Waals surface area contributed by atoms with E-state index < -0.39 is 18.2 Å². The van der Waals surface area contributed by atoms with Gasteiger partial charge in [-0.3, -0.25) is 4.90 Å². The number of nitrogens with zero attached hydrogens (tertiary/aromatic N) is 1. The number of methoxy groups -OCH3 is 1. The number of benzene rings is 3. The number of rotatable bonds is 12. The van der Waals surface area contributed by atoms with E-state index in [1.807, 2.05) is 84.9 Å². The second-order valence-electron chi connectivity index (χ2n) is 7.70. The van der Waals surface area contributed by atoms with Gasteiger partial charge < -0.3 is 14.2 Å². The Morgan fingerprint density at radius 3 is 2.00 bits per heavy atom. The van der Waals surface area contributed by atoms with Gasteiger partial charge >= 0.3 is 6.09 Å². The lowest BCUT2D eigenvalue weighted by Gasteiger charge is -2.35. The molecule has 0 aliphatic carbocycles. The fourth-order valence-corrected chi connectivity index (χ4v) is 3.65. The van der Waals surface area contributed by atoms with Gasteiger partial charge in [0.15, 0.2) is 0 Å². The highest BCUT2D eigenvalue weighted by molar-refractivity contribution is 5.69. The monoisotopic (exact) mass is 457 g/mol. The number of carbonyl (C=O) groups is 1. The third-order valence-corrected chi connectivity index (χ3v) is 5.39. The molecule has 0 fully saturated rings. The van der Waals surface area contributed by atoms with Crippen LogP contribution in [0.15, 0.2) is 110 Å². The Bertz CT molecular complexity index is 1030. The van der Waals surface area contributed by atoms with Gasteiger partial charge in [0, 0.05) is 6.54 Å². The quantitative estimate of drug-likeness (QED) is 0.298. The van der Waals surface area contributed by atoms with Gasteiger partial charge in [-0.2, -0.15) is 0 Å². The topological polar surface area (TPSA) is 48.0 Å². The van der Waals surface area contributed by atoms with Crippen LogP contribution in [0.3, 0.4) is 0 Å². The molecule has 0 unspecified atom stereocenters. The average molecular weight is 458 g/mol. The number of hydrogen-bond donors (Lipinski definition) is 0. The van der Waals surface area contributed by atoms with Crippen molar-refractivity contribution >= 4 is 6.09 Å². The van der Waals surface area contributed by atoms with Gasteiger partial charge in [-0.1, -0.05) is 84.9 Å². The van der Waals surface area contributed by atoms with Crippen LogP contribution in [-0.2, 0) is 22.7 Å². The standard InChI is InChI=1S/C29H31NO4/c1-4-20-30(29(31)34-22-24-14-10-7-11-15-24)28(25-16-18-26(32-3)19-17-25)27(5-2)33-21-23-12-8-6-9-13-23/h4-19,27-28H,1-2,20-22H2,3H3/t27-,28-/m0/s1. The minimum absolute atomic E-state index is 0.173. The zero-order valence-corrected chi connectivity index (χ0v) is 19.5. The van der Waals surface area contributed by atoms with Gasteiger partial charge in [-0.25, -0.2) is 4.79 Å². The molecule has 0 saturated heterocycles. The molecular weight excluding hydrogens is 426 g/mol. The molecule has 0 heterocycles. The molecule has 3 aromatic rings.